The van der Waals surface area contributed by atoms with Gasteiger partial charge in [0.25, 0.3) is 0 Å². The lowest BCUT2D eigenvalue weighted by molar-refractivity contribution is 0.0524. The SMILES string of the molecule is CC(C)CN(CCC#N)C1CCNCC1(C)C. The van der Waals surface area contributed by atoms with E-state index in [1.54, 1.807) is 0 Å². The van der Waals surface area contributed by atoms with Crippen molar-refractivity contribution in [1.82, 2.24) is 10.2 Å². The summed E-state index contributed by atoms with van der Waals surface area (Å²) in [6.45, 7) is 13.4. The fraction of sp³-hybridized carbons (Fsp3) is 0.929. The molecule has 3 nitrogen and oxygen atoms in total. The molecule has 1 rings (SSSR count). The van der Waals surface area contributed by atoms with Crippen molar-refractivity contribution in [3.63, 3.8) is 0 Å². The maximum absolute atomic E-state index is 8.79. The first-order valence-corrected chi connectivity index (χ1v) is 6.79. The minimum atomic E-state index is 0.308. The largest absolute Gasteiger partial charge is 0.316 e. The Morgan fingerprint density at radius 3 is 2.71 bits per heavy atom. The van der Waals surface area contributed by atoms with Gasteiger partial charge in [-0.3, -0.25) is 4.90 Å². The molecule has 3 heteroatoms. The molecular weight excluding hydrogens is 210 g/mol. The number of hydrogen-bond acceptors (Lipinski definition) is 3. The van der Waals surface area contributed by atoms with E-state index in [1.165, 1.54) is 6.42 Å². The van der Waals surface area contributed by atoms with Gasteiger partial charge in [-0.05, 0) is 24.3 Å². The van der Waals surface area contributed by atoms with Crippen LogP contribution in [0.5, 0.6) is 0 Å². The molecule has 1 unspecified atom stereocenters. The zero-order valence-electron chi connectivity index (χ0n) is 11.8. The molecule has 1 heterocycles. The first kappa shape index (κ1) is 14.5. The fourth-order valence-electron chi connectivity index (χ4n) is 2.87. The molecule has 0 spiro atoms. The van der Waals surface area contributed by atoms with Gasteiger partial charge in [0, 0.05) is 32.1 Å². The van der Waals surface area contributed by atoms with E-state index in [4.69, 9.17) is 5.26 Å². The molecule has 17 heavy (non-hydrogen) atoms. The third-order valence-electron chi connectivity index (χ3n) is 3.63. The van der Waals surface area contributed by atoms with Crippen LogP contribution in [-0.4, -0.2) is 37.1 Å². The summed E-state index contributed by atoms with van der Waals surface area (Å²) in [6.07, 6.45) is 1.85. The third-order valence-corrected chi connectivity index (χ3v) is 3.63. The number of rotatable bonds is 5. The highest BCUT2D eigenvalue weighted by Crippen LogP contribution is 2.30. The first-order chi connectivity index (χ1) is 7.97. The molecule has 1 fully saturated rings. The van der Waals surface area contributed by atoms with Crippen molar-refractivity contribution >= 4 is 0 Å². The van der Waals surface area contributed by atoms with Crippen LogP contribution in [0, 0.1) is 22.7 Å². The Morgan fingerprint density at radius 1 is 1.47 bits per heavy atom. The Labute approximate surface area is 106 Å². The van der Waals surface area contributed by atoms with E-state index < -0.39 is 0 Å². The molecule has 0 aromatic heterocycles. The van der Waals surface area contributed by atoms with Crippen molar-refractivity contribution in [3.8, 4) is 6.07 Å². The molecular formula is C14H27N3. The number of nitrogens with one attached hydrogen (secondary N) is 1. The highest BCUT2D eigenvalue weighted by Gasteiger charge is 2.36. The minimum absolute atomic E-state index is 0.308. The van der Waals surface area contributed by atoms with Gasteiger partial charge < -0.3 is 5.32 Å². The molecule has 98 valence electrons. The maximum Gasteiger partial charge on any atom is 0.0635 e. The van der Waals surface area contributed by atoms with Crippen molar-refractivity contribution in [1.29, 1.82) is 5.26 Å². The van der Waals surface area contributed by atoms with Crippen molar-refractivity contribution < 1.29 is 0 Å². The van der Waals surface area contributed by atoms with Crippen LogP contribution in [0.1, 0.15) is 40.5 Å². The lowest BCUT2D eigenvalue weighted by Crippen LogP contribution is -2.55. The van der Waals surface area contributed by atoms with Crippen LogP contribution in [0.2, 0.25) is 0 Å². The Balaban J connectivity index is 2.69. The van der Waals surface area contributed by atoms with E-state index in [0.717, 1.165) is 26.2 Å². The quantitative estimate of drug-likeness (QED) is 0.797. The minimum Gasteiger partial charge on any atom is -0.316 e. The van der Waals surface area contributed by atoms with Gasteiger partial charge in [-0.25, -0.2) is 0 Å². The summed E-state index contributed by atoms with van der Waals surface area (Å²) in [6, 6.07) is 2.89. The molecule has 1 atom stereocenters. The summed E-state index contributed by atoms with van der Waals surface area (Å²) in [5, 5.41) is 12.3. The zero-order valence-corrected chi connectivity index (χ0v) is 11.8. The molecule has 0 saturated carbocycles. The van der Waals surface area contributed by atoms with Crippen LogP contribution >= 0.6 is 0 Å². The van der Waals surface area contributed by atoms with Gasteiger partial charge in [-0.2, -0.15) is 5.26 Å². The van der Waals surface area contributed by atoms with Gasteiger partial charge in [0.2, 0.25) is 0 Å². The lowest BCUT2D eigenvalue weighted by Gasteiger charge is -2.46. The van der Waals surface area contributed by atoms with Crippen LogP contribution in [-0.2, 0) is 0 Å². The highest BCUT2D eigenvalue weighted by atomic mass is 15.2. The fourth-order valence-corrected chi connectivity index (χ4v) is 2.87. The second-order valence-corrected chi connectivity index (χ2v) is 6.27. The van der Waals surface area contributed by atoms with Gasteiger partial charge in [0.15, 0.2) is 0 Å². The molecule has 0 aliphatic carbocycles. The van der Waals surface area contributed by atoms with Gasteiger partial charge in [0.05, 0.1) is 6.07 Å². The van der Waals surface area contributed by atoms with Crippen LogP contribution < -0.4 is 5.32 Å². The van der Waals surface area contributed by atoms with Crippen LogP contribution in [0.4, 0.5) is 0 Å². The predicted molar refractivity (Wildman–Crippen MR) is 71.7 cm³/mol. The van der Waals surface area contributed by atoms with Crippen molar-refractivity contribution in [2.75, 3.05) is 26.2 Å². The van der Waals surface area contributed by atoms with Crippen LogP contribution in [0.15, 0.2) is 0 Å². The molecule has 1 aliphatic rings. The molecule has 1 saturated heterocycles. The van der Waals surface area contributed by atoms with Crippen molar-refractivity contribution in [3.05, 3.63) is 0 Å². The molecule has 0 bridgehead atoms. The van der Waals surface area contributed by atoms with Gasteiger partial charge in [-0.15, -0.1) is 0 Å². The smallest absolute Gasteiger partial charge is 0.0635 e. The van der Waals surface area contributed by atoms with E-state index >= 15 is 0 Å². The van der Waals surface area contributed by atoms with Crippen molar-refractivity contribution in [2.24, 2.45) is 11.3 Å². The monoisotopic (exact) mass is 237 g/mol. The van der Waals surface area contributed by atoms with Crippen molar-refractivity contribution in [2.45, 2.75) is 46.6 Å². The van der Waals surface area contributed by atoms with Gasteiger partial charge >= 0.3 is 0 Å². The second kappa shape index (κ2) is 6.37. The summed E-state index contributed by atoms with van der Waals surface area (Å²) in [5.41, 5.74) is 0.308. The third kappa shape index (κ3) is 4.29. The molecule has 0 aromatic rings. The van der Waals surface area contributed by atoms with E-state index in [1.807, 2.05) is 0 Å². The van der Waals surface area contributed by atoms with E-state index in [9.17, 15) is 0 Å². The van der Waals surface area contributed by atoms with Gasteiger partial charge in [-0.1, -0.05) is 27.7 Å². The summed E-state index contributed by atoms with van der Waals surface area (Å²) in [5.74, 6) is 0.666. The van der Waals surface area contributed by atoms with Gasteiger partial charge in [0.1, 0.15) is 0 Å². The second-order valence-electron chi connectivity index (χ2n) is 6.27. The normalized spacial score (nSPS) is 23.9. The number of hydrogen-bond donors (Lipinski definition) is 1. The molecule has 0 aromatic carbocycles. The number of nitriles is 1. The Hall–Kier alpha value is -0.590. The topological polar surface area (TPSA) is 39.1 Å². The molecule has 0 amide bonds. The first-order valence-electron chi connectivity index (χ1n) is 6.79. The highest BCUT2D eigenvalue weighted by molar-refractivity contribution is 4.93. The Morgan fingerprint density at radius 2 is 2.18 bits per heavy atom. The standard InChI is InChI=1S/C14H27N3/c1-12(2)10-17(9-5-7-15)13-6-8-16-11-14(13,3)4/h12-13,16H,5-6,8-11H2,1-4H3. The predicted octanol–water partition coefficient (Wildman–Crippen LogP) is 2.25. The Bertz CT molecular complexity index is 265. The average molecular weight is 237 g/mol. The van der Waals surface area contributed by atoms with Crippen LogP contribution in [0.3, 0.4) is 0 Å². The average Bonchev–Trinajstić information content (AvgIpc) is 2.23. The summed E-state index contributed by atoms with van der Waals surface area (Å²) >= 11 is 0. The number of piperidine rings is 1. The maximum atomic E-state index is 8.79. The zero-order chi connectivity index (χ0) is 12.9. The summed E-state index contributed by atoms with van der Waals surface area (Å²) in [7, 11) is 0. The molecule has 1 N–H and O–H groups in total. The van der Waals surface area contributed by atoms with Crippen LogP contribution in [0.25, 0.3) is 0 Å². The van der Waals surface area contributed by atoms with E-state index in [-0.39, 0.29) is 0 Å². The lowest BCUT2D eigenvalue weighted by atomic mass is 9.78. The number of nitrogens with zero attached hydrogens (tertiary/aromatic N) is 2. The van der Waals surface area contributed by atoms with E-state index in [2.05, 4.69) is 44.0 Å². The van der Waals surface area contributed by atoms with E-state index in [0.29, 0.717) is 23.8 Å². The summed E-state index contributed by atoms with van der Waals surface area (Å²) in [4.78, 5) is 2.54. The molecule has 1 aliphatic heterocycles. The summed E-state index contributed by atoms with van der Waals surface area (Å²) < 4.78 is 0. The Kier molecular flexibility index (Phi) is 5.42. The molecule has 0 radical (unpaired) electrons.